The summed E-state index contributed by atoms with van der Waals surface area (Å²) in [4.78, 5) is 26.1. The topological polar surface area (TPSA) is 108 Å². The SMILES string of the molecule is CCCCC1CCC=S1(=O)CC(NC(=O)c1ccccc1)C(=O)NCC(O)CNCc1cccc(CC)c1.Cc1cc(F)cc(F)c1. The molecule has 4 atom stereocenters. The van der Waals surface area contributed by atoms with Crippen molar-refractivity contribution in [2.24, 2.45) is 0 Å². The minimum atomic E-state index is -2.40. The second kappa shape index (κ2) is 19.3. The van der Waals surface area contributed by atoms with Gasteiger partial charge in [-0.25, -0.2) is 8.78 Å². The number of nitrogens with one attached hydrogen (secondary N) is 3. The summed E-state index contributed by atoms with van der Waals surface area (Å²) in [6.45, 7) is 6.82. The number of rotatable bonds is 15. The lowest BCUT2D eigenvalue weighted by molar-refractivity contribution is -0.122. The number of aliphatic hydroxyl groups excluding tert-OH is 1. The summed E-state index contributed by atoms with van der Waals surface area (Å²) in [5.41, 5.74) is 3.44. The molecule has 3 aromatic carbocycles. The Kier molecular flexibility index (Phi) is 15.5. The molecule has 0 aliphatic carbocycles. The van der Waals surface area contributed by atoms with Crippen molar-refractivity contribution in [2.45, 2.75) is 83.2 Å². The van der Waals surface area contributed by atoms with E-state index in [9.17, 15) is 27.7 Å². The van der Waals surface area contributed by atoms with Gasteiger partial charge in [0.15, 0.2) is 0 Å². The highest BCUT2D eigenvalue weighted by atomic mass is 32.2. The molecule has 0 saturated heterocycles. The van der Waals surface area contributed by atoms with Crippen LogP contribution in [0.15, 0.2) is 72.8 Å². The smallest absolute Gasteiger partial charge is 0.251 e. The average molecular weight is 670 g/mol. The number of amides is 2. The lowest BCUT2D eigenvalue weighted by Crippen LogP contribution is -2.52. The fraction of sp³-hybridized carbons (Fsp3) is 0.432. The maximum Gasteiger partial charge on any atom is 0.251 e. The zero-order chi connectivity index (χ0) is 34.2. The van der Waals surface area contributed by atoms with Gasteiger partial charge in [0.25, 0.3) is 5.91 Å². The number of hydrogen-bond donors (Lipinski definition) is 4. The molecule has 1 aliphatic rings. The molecule has 0 saturated carbocycles. The Morgan fingerprint density at radius 2 is 1.66 bits per heavy atom. The summed E-state index contributed by atoms with van der Waals surface area (Å²) < 4.78 is 38.2. The van der Waals surface area contributed by atoms with E-state index in [4.69, 9.17) is 0 Å². The van der Waals surface area contributed by atoms with Gasteiger partial charge in [-0.1, -0.05) is 69.2 Å². The molecule has 4 N–H and O–H groups in total. The molecule has 0 fully saturated rings. The first-order chi connectivity index (χ1) is 22.5. The minimum Gasteiger partial charge on any atom is -0.390 e. The van der Waals surface area contributed by atoms with Crippen LogP contribution in [0.3, 0.4) is 0 Å². The Balaban J connectivity index is 0.000000573. The molecule has 4 rings (SSSR count). The van der Waals surface area contributed by atoms with Crippen LogP contribution in [-0.2, 0) is 27.3 Å². The number of aliphatic hydroxyl groups is 1. The molecule has 0 radical (unpaired) electrons. The molecule has 0 bridgehead atoms. The molecule has 3 aromatic rings. The number of unbranched alkanes of at least 4 members (excludes halogenated alkanes) is 1. The van der Waals surface area contributed by atoms with Gasteiger partial charge >= 0.3 is 0 Å². The van der Waals surface area contributed by atoms with E-state index in [1.165, 1.54) is 17.7 Å². The number of aryl methyl sites for hydroxylation is 2. The number of hydrogen-bond acceptors (Lipinski definition) is 5. The fourth-order valence-corrected chi connectivity index (χ4v) is 8.56. The number of halogens is 2. The Hall–Kier alpha value is -3.60. The summed E-state index contributed by atoms with van der Waals surface area (Å²) in [7, 11) is -2.40. The summed E-state index contributed by atoms with van der Waals surface area (Å²) >= 11 is 0. The van der Waals surface area contributed by atoms with Crippen LogP contribution in [0.5, 0.6) is 0 Å². The lowest BCUT2D eigenvalue weighted by Gasteiger charge is -2.24. The van der Waals surface area contributed by atoms with Crippen LogP contribution in [0.25, 0.3) is 0 Å². The zero-order valence-electron chi connectivity index (χ0n) is 27.6. The zero-order valence-corrected chi connectivity index (χ0v) is 28.5. The van der Waals surface area contributed by atoms with Crippen molar-refractivity contribution >= 4 is 26.7 Å². The molecular weight excluding hydrogens is 620 g/mol. The van der Waals surface area contributed by atoms with Crippen LogP contribution >= 0.6 is 0 Å². The first-order valence-corrected chi connectivity index (χ1v) is 18.2. The molecule has 47 heavy (non-hydrogen) atoms. The van der Waals surface area contributed by atoms with Crippen LogP contribution in [0.2, 0.25) is 0 Å². The highest BCUT2D eigenvalue weighted by molar-refractivity contribution is 8.02. The molecule has 256 valence electrons. The maximum atomic E-state index is 13.9. The third kappa shape index (κ3) is 12.8. The Morgan fingerprint density at radius 3 is 2.32 bits per heavy atom. The van der Waals surface area contributed by atoms with Crippen molar-refractivity contribution in [3.05, 3.63) is 107 Å². The lowest BCUT2D eigenvalue weighted by atomic mass is 10.1. The Labute approximate surface area is 278 Å². The van der Waals surface area contributed by atoms with Gasteiger partial charge in [0.1, 0.15) is 17.7 Å². The second-order valence-electron chi connectivity index (χ2n) is 12.0. The van der Waals surface area contributed by atoms with E-state index in [0.717, 1.165) is 50.2 Å². The fourth-order valence-electron chi connectivity index (χ4n) is 5.49. The predicted octanol–water partition coefficient (Wildman–Crippen LogP) is 5.33. The average Bonchev–Trinajstić information content (AvgIpc) is 3.41. The predicted molar refractivity (Wildman–Crippen MR) is 187 cm³/mol. The van der Waals surface area contributed by atoms with Gasteiger partial charge in [-0.15, -0.1) is 0 Å². The van der Waals surface area contributed by atoms with Crippen molar-refractivity contribution in [3.63, 3.8) is 0 Å². The Bertz CT molecular complexity index is 1510. The van der Waals surface area contributed by atoms with E-state index in [0.29, 0.717) is 24.2 Å². The Morgan fingerprint density at radius 1 is 0.957 bits per heavy atom. The maximum absolute atomic E-state index is 13.9. The van der Waals surface area contributed by atoms with Crippen molar-refractivity contribution in [1.82, 2.24) is 16.0 Å². The first kappa shape index (κ1) is 37.9. The molecule has 7 nitrogen and oxygen atoms in total. The second-order valence-corrected chi connectivity index (χ2v) is 14.9. The summed E-state index contributed by atoms with van der Waals surface area (Å²) in [5, 5.41) is 21.2. The molecule has 4 unspecified atom stereocenters. The quantitative estimate of drug-likeness (QED) is 0.164. The molecule has 0 aromatic heterocycles. The monoisotopic (exact) mass is 669 g/mol. The van der Waals surface area contributed by atoms with Crippen molar-refractivity contribution in [1.29, 1.82) is 0 Å². The van der Waals surface area contributed by atoms with Gasteiger partial charge in [-0.05, 0) is 88.5 Å². The minimum absolute atomic E-state index is 0.0305. The van der Waals surface area contributed by atoms with Gasteiger partial charge in [-0.3, -0.25) is 13.8 Å². The number of carbonyl (C=O) groups excluding carboxylic acids is 2. The molecule has 1 heterocycles. The summed E-state index contributed by atoms with van der Waals surface area (Å²) in [6.07, 6.45) is 4.65. The van der Waals surface area contributed by atoms with Crippen LogP contribution in [0.1, 0.15) is 73.0 Å². The molecule has 2 amide bonds. The van der Waals surface area contributed by atoms with E-state index in [2.05, 4.69) is 41.9 Å². The highest BCUT2D eigenvalue weighted by Crippen LogP contribution is 2.24. The highest BCUT2D eigenvalue weighted by Gasteiger charge is 2.32. The van der Waals surface area contributed by atoms with Crippen LogP contribution < -0.4 is 16.0 Å². The van der Waals surface area contributed by atoms with Crippen LogP contribution in [0, 0.1) is 18.6 Å². The van der Waals surface area contributed by atoms with Gasteiger partial charge in [-0.2, -0.15) is 0 Å². The largest absolute Gasteiger partial charge is 0.390 e. The molecule has 10 heteroatoms. The third-order valence-electron chi connectivity index (χ3n) is 8.04. The van der Waals surface area contributed by atoms with Gasteiger partial charge in [0, 0.05) is 42.3 Å². The van der Waals surface area contributed by atoms with Gasteiger partial charge in [0.2, 0.25) is 5.91 Å². The van der Waals surface area contributed by atoms with Crippen molar-refractivity contribution in [3.8, 4) is 0 Å². The van der Waals surface area contributed by atoms with Crippen molar-refractivity contribution in [2.75, 3.05) is 18.8 Å². The van der Waals surface area contributed by atoms with Crippen molar-refractivity contribution < 1.29 is 27.7 Å². The van der Waals surface area contributed by atoms with Crippen LogP contribution in [-0.4, -0.2) is 62.7 Å². The summed E-state index contributed by atoms with van der Waals surface area (Å²) in [5.74, 6) is -1.77. The third-order valence-corrected chi connectivity index (χ3v) is 11.3. The van der Waals surface area contributed by atoms with E-state index in [-0.39, 0.29) is 23.5 Å². The number of carbonyl (C=O) groups is 2. The van der Waals surface area contributed by atoms with Gasteiger partial charge < -0.3 is 21.1 Å². The van der Waals surface area contributed by atoms with E-state index >= 15 is 0 Å². The molecule has 1 aliphatic heterocycles. The van der Waals surface area contributed by atoms with E-state index in [1.54, 1.807) is 31.2 Å². The molecule has 0 spiro atoms. The number of benzene rings is 3. The first-order valence-electron chi connectivity index (χ1n) is 16.4. The van der Waals surface area contributed by atoms with E-state index in [1.807, 2.05) is 23.6 Å². The standard InChI is InChI=1S/C30H43N3O4S.C7H6F2/c1-3-5-15-27-16-10-17-38(27,37)22-28(33-29(35)25-13-7-6-8-14-25)30(36)32-21-26(34)20-31-19-24-12-9-11-23(4-2)18-24;1-5-2-6(8)4-7(9)3-5/h6-9,11-14,17-18,26-28,31,34H,3-5,10,15-16,19-22H2,1-2H3,(H,32,36)(H,33,35);2-4H,1H3. The van der Waals surface area contributed by atoms with Crippen LogP contribution in [0.4, 0.5) is 8.78 Å². The summed E-state index contributed by atoms with van der Waals surface area (Å²) in [6, 6.07) is 19.5. The normalized spacial score (nSPS) is 18.3. The van der Waals surface area contributed by atoms with E-state index < -0.39 is 39.2 Å². The molecular formula is C37H49F2N3O4S. The van der Waals surface area contributed by atoms with Gasteiger partial charge in [0.05, 0.1) is 6.10 Å².